The van der Waals surface area contributed by atoms with Crippen LogP contribution in [0.1, 0.15) is 53.4 Å². The molecule has 5 heteroatoms. The summed E-state index contributed by atoms with van der Waals surface area (Å²) in [6.07, 6.45) is 7.85. The number of carbonyl (C=O) groups is 1. The first kappa shape index (κ1) is 16.4. The average Bonchev–Trinajstić information content (AvgIpc) is 3.11. The fraction of sp³-hybridized carbons (Fsp3) is 0.421. The number of hydrogen-bond acceptors (Lipinski definition) is 4. The lowest BCUT2D eigenvalue weighted by molar-refractivity contribution is -0.129. The zero-order valence-electron chi connectivity index (χ0n) is 14.5. The molecule has 1 aromatic heterocycles. The Hall–Kier alpha value is -2.43. The van der Waals surface area contributed by atoms with Gasteiger partial charge in [0.15, 0.2) is 5.82 Å². The Kier molecular flexibility index (Phi) is 4.79. The van der Waals surface area contributed by atoms with Crippen LogP contribution in [-0.2, 0) is 4.79 Å². The standard InChI is InChI=1S/C19H23N3O2/c1-13-10-15(3)16(11-14(13)2)7-8-18(23)22-9-5-4-6-17(22)19-20-12-24-21-19/h7-8,10-12,17H,4-6,9H2,1-3H3/b8-7+. The van der Waals surface area contributed by atoms with Gasteiger partial charge >= 0.3 is 0 Å². The van der Waals surface area contributed by atoms with E-state index in [0.717, 1.165) is 31.4 Å². The van der Waals surface area contributed by atoms with Crippen LogP contribution >= 0.6 is 0 Å². The molecule has 5 nitrogen and oxygen atoms in total. The first-order chi connectivity index (χ1) is 11.6. The Morgan fingerprint density at radius 3 is 2.75 bits per heavy atom. The summed E-state index contributed by atoms with van der Waals surface area (Å²) < 4.78 is 4.85. The highest BCUT2D eigenvalue weighted by Crippen LogP contribution is 2.29. The van der Waals surface area contributed by atoms with Gasteiger partial charge in [-0.2, -0.15) is 4.98 Å². The molecular weight excluding hydrogens is 302 g/mol. The summed E-state index contributed by atoms with van der Waals surface area (Å²) in [5.74, 6) is 0.598. The number of aromatic nitrogens is 2. The van der Waals surface area contributed by atoms with Crippen LogP contribution in [0.5, 0.6) is 0 Å². The fourth-order valence-electron chi connectivity index (χ4n) is 3.21. The molecule has 1 fully saturated rings. The van der Waals surface area contributed by atoms with Crippen molar-refractivity contribution in [3.8, 4) is 0 Å². The first-order valence-electron chi connectivity index (χ1n) is 8.39. The van der Waals surface area contributed by atoms with Gasteiger partial charge in [-0.3, -0.25) is 4.79 Å². The number of benzene rings is 1. The molecule has 1 amide bonds. The smallest absolute Gasteiger partial charge is 0.247 e. The van der Waals surface area contributed by atoms with E-state index >= 15 is 0 Å². The molecule has 0 bridgehead atoms. The molecule has 24 heavy (non-hydrogen) atoms. The summed E-state index contributed by atoms with van der Waals surface area (Å²) in [5.41, 5.74) is 4.76. The van der Waals surface area contributed by atoms with E-state index in [1.165, 1.54) is 23.1 Å². The Balaban J connectivity index is 1.79. The number of rotatable bonds is 3. The summed E-state index contributed by atoms with van der Waals surface area (Å²) in [7, 11) is 0. The highest BCUT2D eigenvalue weighted by atomic mass is 16.5. The lowest BCUT2D eigenvalue weighted by Crippen LogP contribution is -2.38. The van der Waals surface area contributed by atoms with Gasteiger partial charge in [-0.25, -0.2) is 0 Å². The fourth-order valence-corrected chi connectivity index (χ4v) is 3.21. The largest absolute Gasteiger partial charge is 0.343 e. The highest BCUT2D eigenvalue weighted by molar-refractivity contribution is 5.92. The van der Waals surface area contributed by atoms with Crippen molar-refractivity contribution >= 4 is 12.0 Å². The molecule has 1 unspecified atom stereocenters. The van der Waals surface area contributed by atoms with Crippen molar-refractivity contribution in [2.45, 2.75) is 46.1 Å². The van der Waals surface area contributed by atoms with Gasteiger partial charge in [0.05, 0.1) is 6.04 Å². The van der Waals surface area contributed by atoms with E-state index in [0.29, 0.717) is 5.82 Å². The second kappa shape index (κ2) is 6.99. The van der Waals surface area contributed by atoms with E-state index in [2.05, 4.69) is 43.0 Å². The molecule has 0 saturated carbocycles. The van der Waals surface area contributed by atoms with Crippen LogP contribution in [0.3, 0.4) is 0 Å². The van der Waals surface area contributed by atoms with Gasteiger partial charge in [-0.15, -0.1) is 0 Å². The topological polar surface area (TPSA) is 59.2 Å². The first-order valence-corrected chi connectivity index (χ1v) is 8.39. The van der Waals surface area contributed by atoms with Crippen LogP contribution in [0.2, 0.25) is 0 Å². The monoisotopic (exact) mass is 325 g/mol. The van der Waals surface area contributed by atoms with Crippen LogP contribution in [0.25, 0.3) is 6.08 Å². The predicted molar refractivity (Wildman–Crippen MR) is 92.3 cm³/mol. The molecule has 1 atom stereocenters. The number of nitrogens with zero attached hydrogens (tertiary/aromatic N) is 3. The van der Waals surface area contributed by atoms with Crippen LogP contribution in [0.4, 0.5) is 0 Å². The molecule has 0 aliphatic carbocycles. The van der Waals surface area contributed by atoms with Crippen LogP contribution < -0.4 is 0 Å². The van der Waals surface area contributed by atoms with Crippen molar-refractivity contribution in [3.63, 3.8) is 0 Å². The third kappa shape index (κ3) is 3.40. The van der Waals surface area contributed by atoms with Gasteiger partial charge in [-0.1, -0.05) is 17.3 Å². The summed E-state index contributed by atoms with van der Waals surface area (Å²) >= 11 is 0. The molecule has 0 N–H and O–H groups in total. The predicted octanol–water partition coefficient (Wildman–Crippen LogP) is 3.76. The average molecular weight is 325 g/mol. The van der Waals surface area contributed by atoms with Gasteiger partial charge < -0.3 is 9.42 Å². The summed E-state index contributed by atoms with van der Waals surface area (Å²) in [5, 5.41) is 3.92. The number of likely N-dealkylation sites (tertiary alicyclic amines) is 1. The maximum Gasteiger partial charge on any atom is 0.247 e. The normalized spacial score (nSPS) is 18.3. The Bertz CT molecular complexity index is 750. The molecule has 3 rings (SSSR count). The summed E-state index contributed by atoms with van der Waals surface area (Å²) in [6, 6.07) is 4.19. The highest BCUT2D eigenvalue weighted by Gasteiger charge is 2.29. The molecule has 2 aromatic rings. The number of hydrogen-bond donors (Lipinski definition) is 0. The minimum Gasteiger partial charge on any atom is -0.343 e. The molecule has 1 aliphatic heterocycles. The number of piperidine rings is 1. The molecule has 1 saturated heterocycles. The summed E-state index contributed by atoms with van der Waals surface area (Å²) in [6.45, 7) is 6.99. The maximum absolute atomic E-state index is 12.7. The van der Waals surface area contributed by atoms with Gasteiger partial charge in [0, 0.05) is 12.6 Å². The molecular formula is C19H23N3O2. The quantitative estimate of drug-likeness (QED) is 0.806. The van der Waals surface area contributed by atoms with E-state index in [1.54, 1.807) is 6.08 Å². The van der Waals surface area contributed by atoms with Crippen LogP contribution in [-0.4, -0.2) is 27.5 Å². The second-order valence-electron chi connectivity index (χ2n) is 6.46. The third-order valence-electron chi connectivity index (χ3n) is 4.75. The molecule has 0 spiro atoms. The Labute approximate surface area is 142 Å². The van der Waals surface area contributed by atoms with E-state index < -0.39 is 0 Å². The molecule has 2 heterocycles. The number of carbonyl (C=O) groups excluding carboxylic acids is 1. The van der Waals surface area contributed by atoms with Crippen molar-refractivity contribution in [2.75, 3.05) is 6.54 Å². The number of aryl methyl sites for hydroxylation is 3. The zero-order chi connectivity index (χ0) is 17.1. The Morgan fingerprint density at radius 2 is 2.00 bits per heavy atom. The third-order valence-corrected chi connectivity index (χ3v) is 4.75. The SMILES string of the molecule is Cc1cc(C)c(/C=C/C(=O)N2CCCCC2c2ncon2)cc1C. The maximum atomic E-state index is 12.7. The number of amides is 1. The second-order valence-corrected chi connectivity index (χ2v) is 6.46. The van der Waals surface area contributed by atoms with Gasteiger partial charge in [0.25, 0.3) is 0 Å². The zero-order valence-corrected chi connectivity index (χ0v) is 14.5. The molecule has 0 radical (unpaired) electrons. The van der Waals surface area contributed by atoms with Gasteiger partial charge in [0.2, 0.25) is 12.3 Å². The van der Waals surface area contributed by atoms with Crippen molar-refractivity contribution in [2.24, 2.45) is 0 Å². The van der Waals surface area contributed by atoms with E-state index in [-0.39, 0.29) is 11.9 Å². The van der Waals surface area contributed by atoms with E-state index in [1.807, 2.05) is 11.0 Å². The summed E-state index contributed by atoms with van der Waals surface area (Å²) in [4.78, 5) is 18.7. The minimum atomic E-state index is -0.0875. The van der Waals surface area contributed by atoms with Gasteiger partial charge in [-0.05, 0) is 68.4 Å². The molecule has 126 valence electrons. The van der Waals surface area contributed by atoms with Crippen LogP contribution in [0, 0.1) is 20.8 Å². The molecule has 1 aliphatic rings. The van der Waals surface area contributed by atoms with Crippen molar-refractivity contribution in [1.82, 2.24) is 15.0 Å². The van der Waals surface area contributed by atoms with Gasteiger partial charge in [0.1, 0.15) is 0 Å². The van der Waals surface area contributed by atoms with Crippen molar-refractivity contribution in [3.05, 3.63) is 52.7 Å². The van der Waals surface area contributed by atoms with Crippen molar-refractivity contribution < 1.29 is 9.32 Å². The van der Waals surface area contributed by atoms with E-state index in [9.17, 15) is 4.79 Å². The van der Waals surface area contributed by atoms with Crippen LogP contribution in [0.15, 0.2) is 29.1 Å². The Morgan fingerprint density at radius 1 is 1.21 bits per heavy atom. The minimum absolute atomic E-state index is 0.00197. The lowest BCUT2D eigenvalue weighted by Gasteiger charge is -2.33. The van der Waals surface area contributed by atoms with Crippen molar-refractivity contribution in [1.29, 1.82) is 0 Å². The lowest BCUT2D eigenvalue weighted by atomic mass is 9.99. The van der Waals surface area contributed by atoms with E-state index in [4.69, 9.17) is 4.52 Å². The molecule has 1 aromatic carbocycles.